The molecule has 12 nitrogen and oxygen atoms in total. The van der Waals surface area contributed by atoms with Gasteiger partial charge in [-0.15, -0.1) is 0 Å². The first kappa shape index (κ1) is 22.1. The summed E-state index contributed by atoms with van der Waals surface area (Å²) in [7, 11) is 0. The zero-order valence-electron chi connectivity index (χ0n) is 18.9. The maximum Gasteiger partial charge on any atom is 0.307 e. The number of hydrogen-bond acceptors (Lipinski definition) is 10. The average molecular weight is 504 g/mol. The zero-order chi connectivity index (χ0) is 24.6. The number of nitrogens with zero attached hydrogens (tertiary/aromatic N) is 7. The summed E-state index contributed by atoms with van der Waals surface area (Å²) in [5.74, 6) is 0.763. The van der Waals surface area contributed by atoms with Gasteiger partial charge < -0.3 is 10.4 Å². The molecule has 5 heterocycles. The van der Waals surface area contributed by atoms with Gasteiger partial charge in [0.05, 0.1) is 28.9 Å². The first-order valence-electron chi connectivity index (χ1n) is 11.4. The molecule has 2 aliphatic rings. The van der Waals surface area contributed by atoms with Gasteiger partial charge in [0.25, 0.3) is 0 Å². The Morgan fingerprint density at radius 1 is 1.08 bits per heavy atom. The van der Waals surface area contributed by atoms with Crippen LogP contribution in [0.3, 0.4) is 0 Å². The number of aromatic nitrogens is 7. The third kappa shape index (κ3) is 4.47. The van der Waals surface area contributed by atoms with Crippen molar-refractivity contribution in [3.63, 3.8) is 0 Å². The Labute approximate surface area is 206 Å². The molecule has 36 heavy (non-hydrogen) atoms. The lowest BCUT2D eigenvalue weighted by Crippen LogP contribution is -2.17. The van der Waals surface area contributed by atoms with E-state index in [1.165, 1.54) is 19.0 Å². The summed E-state index contributed by atoms with van der Waals surface area (Å²) in [5.41, 5.74) is 2.55. The van der Waals surface area contributed by atoms with Crippen molar-refractivity contribution in [2.45, 2.75) is 37.8 Å². The summed E-state index contributed by atoms with van der Waals surface area (Å²) >= 11 is 0.941. The Hall–Kier alpha value is -4.39. The topological polar surface area (TPSA) is 155 Å². The molecule has 7 rings (SSSR count). The fourth-order valence-corrected chi connectivity index (χ4v) is 4.28. The Balaban J connectivity index is 0.000000141. The minimum Gasteiger partial charge on any atom is -0.493 e. The quantitative estimate of drug-likeness (QED) is 0.299. The SMILES string of the molecule is O=Cc1cnn2c(NC3CC3)ccnc12.O=c1[nH]c(O)c(C=c2cnn3c(=NC4CC4)ccnc23)s1. The number of nitrogens with one attached hydrogen (secondary N) is 2. The first-order valence-corrected chi connectivity index (χ1v) is 12.3. The molecule has 5 aromatic heterocycles. The van der Waals surface area contributed by atoms with Crippen LogP contribution in [0.4, 0.5) is 5.82 Å². The molecule has 0 aliphatic heterocycles. The van der Waals surface area contributed by atoms with E-state index in [0.717, 1.165) is 47.0 Å². The molecule has 2 saturated carbocycles. The molecular weight excluding hydrogens is 482 g/mol. The van der Waals surface area contributed by atoms with E-state index < -0.39 is 0 Å². The number of aromatic amines is 1. The van der Waals surface area contributed by atoms with E-state index in [2.05, 4.69) is 35.5 Å². The van der Waals surface area contributed by atoms with Crippen LogP contribution in [0, 0.1) is 0 Å². The van der Waals surface area contributed by atoms with Crippen LogP contribution in [-0.4, -0.2) is 57.7 Å². The van der Waals surface area contributed by atoms with Crippen molar-refractivity contribution in [1.29, 1.82) is 0 Å². The number of anilines is 1. The highest BCUT2D eigenvalue weighted by atomic mass is 32.1. The molecule has 0 aromatic carbocycles. The van der Waals surface area contributed by atoms with Gasteiger partial charge >= 0.3 is 4.87 Å². The molecule has 5 aromatic rings. The van der Waals surface area contributed by atoms with Crippen molar-refractivity contribution in [3.05, 3.63) is 67.7 Å². The smallest absolute Gasteiger partial charge is 0.307 e. The third-order valence-electron chi connectivity index (χ3n) is 5.70. The van der Waals surface area contributed by atoms with Crippen molar-refractivity contribution in [3.8, 4) is 5.88 Å². The van der Waals surface area contributed by atoms with Crippen molar-refractivity contribution in [2.24, 2.45) is 4.99 Å². The zero-order valence-corrected chi connectivity index (χ0v) is 19.7. The fourth-order valence-electron chi connectivity index (χ4n) is 3.60. The van der Waals surface area contributed by atoms with Gasteiger partial charge in [0.2, 0.25) is 5.88 Å². The van der Waals surface area contributed by atoms with E-state index >= 15 is 0 Å². The Morgan fingerprint density at radius 3 is 2.58 bits per heavy atom. The number of thiazole rings is 1. The Bertz CT molecular complexity index is 1760. The number of carbonyl (C=O) groups is 1. The second-order valence-electron chi connectivity index (χ2n) is 8.57. The van der Waals surface area contributed by atoms with Crippen LogP contribution in [0.1, 0.15) is 40.9 Å². The molecule has 0 radical (unpaired) electrons. The minimum absolute atomic E-state index is 0.136. The summed E-state index contributed by atoms with van der Waals surface area (Å²) in [5, 5.41) is 22.1. The van der Waals surface area contributed by atoms with E-state index in [4.69, 9.17) is 0 Å². The predicted octanol–water partition coefficient (Wildman–Crippen LogP) is 0.912. The van der Waals surface area contributed by atoms with Gasteiger partial charge in [0.1, 0.15) is 5.82 Å². The fraction of sp³-hybridized carbons (Fsp3) is 0.261. The van der Waals surface area contributed by atoms with Crippen LogP contribution in [0.25, 0.3) is 17.4 Å². The van der Waals surface area contributed by atoms with Gasteiger partial charge in [-0.25, -0.2) is 9.97 Å². The number of aldehydes is 1. The maximum atomic E-state index is 11.2. The molecule has 2 aliphatic carbocycles. The third-order valence-corrected chi connectivity index (χ3v) is 6.52. The molecule has 13 heteroatoms. The van der Waals surface area contributed by atoms with E-state index in [1.807, 2.05) is 12.1 Å². The monoisotopic (exact) mass is 503 g/mol. The number of fused-ring (bicyclic) bond motifs is 2. The summed E-state index contributed by atoms with van der Waals surface area (Å²) in [6.07, 6.45) is 13.7. The van der Waals surface area contributed by atoms with Crippen LogP contribution >= 0.6 is 11.3 Å². The number of aromatic hydroxyl groups is 1. The molecule has 2 fully saturated rings. The highest BCUT2D eigenvalue weighted by molar-refractivity contribution is 7.10. The summed E-state index contributed by atoms with van der Waals surface area (Å²) < 4.78 is 3.35. The van der Waals surface area contributed by atoms with Crippen molar-refractivity contribution in [1.82, 2.24) is 34.2 Å². The van der Waals surface area contributed by atoms with Crippen LogP contribution in [-0.2, 0) is 0 Å². The normalized spacial score (nSPS) is 16.3. The largest absolute Gasteiger partial charge is 0.493 e. The van der Waals surface area contributed by atoms with Gasteiger partial charge in [-0.05, 0) is 37.8 Å². The molecule has 182 valence electrons. The van der Waals surface area contributed by atoms with Crippen LogP contribution in [0.5, 0.6) is 5.88 Å². The van der Waals surface area contributed by atoms with Crippen LogP contribution < -0.4 is 20.9 Å². The molecule has 0 saturated heterocycles. The highest BCUT2D eigenvalue weighted by Gasteiger charge is 2.22. The molecule has 0 amide bonds. The Kier molecular flexibility index (Phi) is 5.52. The van der Waals surface area contributed by atoms with Gasteiger partial charge in [-0.3, -0.25) is 19.6 Å². The van der Waals surface area contributed by atoms with Gasteiger partial charge in [0, 0.05) is 29.7 Å². The minimum atomic E-state index is -0.299. The lowest BCUT2D eigenvalue weighted by Gasteiger charge is -2.05. The maximum absolute atomic E-state index is 11.2. The molecule has 0 spiro atoms. The summed E-state index contributed by atoms with van der Waals surface area (Å²) in [6, 6.07) is 4.65. The summed E-state index contributed by atoms with van der Waals surface area (Å²) in [4.78, 5) is 37.4. The van der Waals surface area contributed by atoms with E-state index in [1.54, 1.807) is 33.7 Å². The predicted molar refractivity (Wildman–Crippen MR) is 132 cm³/mol. The van der Waals surface area contributed by atoms with Gasteiger partial charge in [0.15, 0.2) is 23.1 Å². The second-order valence-corrected chi connectivity index (χ2v) is 9.59. The molecule has 0 bridgehead atoms. The number of rotatable bonds is 5. The van der Waals surface area contributed by atoms with Gasteiger partial charge in [-0.1, -0.05) is 11.3 Å². The Morgan fingerprint density at radius 2 is 1.86 bits per heavy atom. The van der Waals surface area contributed by atoms with Crippen molar-refractivity contribution < 1.29 is 9.90 Å². The van der Waals surface area contributed by atoms with Crippen molar-refractivity contribution in [2.75, 3.05) is 5.32 Å². The second kappa shape index (κ2) is 9.00. The first-order chi connectivity index (χ1) is 17.6. The van der Waals surface area contributed by atoms with E-state index in [9.17, 15) is 14.7 Å². The van der Waals surface area contributed by atoms with E-state index in [0.29, 0.717) is 33.8 Å². The molecule has 0 unspecified atom stereocenters. The lowest BCUT2D eigenvalue weighted by atomic mass is 10.4. The molecule has 3 N–H and O–H groups in total. The lowest BCUT2D eigenvalue weighted by molar-refractivity contribution is 0.112. The average Bonchev–Trinajstić information content (AvgIpc) is 3.76. The number of carbonyl (C=O) groups excluding carboxylic acids is 1. The molecular formula is C23H21N9O3S. The van der Waals surface area contributed by atoms with Crippen LogP contribution in [0.15, 0.2) is 46.7 Å². The van der Waals surface area contributed by atoms with Crippen LogP contribution in [0.2, 0.25) is 0 Å². The standard InChI is InChI=1S/C13H11N5O2S.C10H10N4O/c19-12-9(21-13(20)17-12)5-7-6-15-18-10(16-8-1-2-8)3-4-14-11(7)18;15-6-7-5-12-14-9(13-8-1-2-8)3-4-11-10(7)14/h3-6,8,19H,1-2H2,(H,17,20);3-6,8,13H,1-2H2. The van der Waals surface area contributed by atoms with E-state index in [-0.39, 0.29) is 10.8 Å². The molecule has 0 atom stereocenters. The highest BCUT2D eigenvalue weighted by Crippen LogP contribution is 2.25. The summed E-state index contributed by atoms with van der Waals surface area (Å²) in [6.45, 7) is 0. The van der Waals surface area contributed by atoms with Gasteiger partial charge in [-0.2, -0.15) is 19.2 Å². The number of H-pyrrole nitrogens is 1. The number of hydrogen-bond donors (Lipinski definition) is 3. The van der Waals surface area contributed by atoms with Crippen molar-refractivity contribution >= 4 is 40.8 Å².